The largest absolute Gasteiger partial charge is 0.496 e. The molecule has 0 saturated carbocycles. The van der Waals surface area contributed by atoms with Crippen molar-refractivity contribution in [2.45, 2.75) is 19.5 Å². The summed E-state index contributed by atoms with van der Waals surface area (Å²) >= 11 is 0. The zero-order valence-electron chi connectivity index (χ0n) is 8.86. The topological polar surface area (TPSA) is 58.6 Å². The van der Waals surface area contributed by atoms with Crippen LogP contribution < -0.4 is 10.1 Å². The molecule has 1 atom stereocenters. The van der Waals surface area contributed by atoms with Gasteiger partial charge in [0.05, 0.1) is 7.11 Å². The molecule has 0 unspecified atom stereocenters. The summed E-state index contributed by atoms with van der Waals surface area (Å²) in [6.07, 6.45) is 0. The van der Waals surface area contributed by atoms with Crippen LogP contribution >= 0.6 is 0 Å². The van der Waals surface area contributed by atoms with Crippen molar-refractivity contribution < 1.29 is 14.6 Å². The first kappa shape index (κ1) is 11.5. The number of nitrogens with one attached hydrogen (secondary N) is 1. The lowest BCUT2D eigenvalue weighted by Gasteiger charge is -2.11. The SMILES string of the molecule is COc1ccccc1CN[C@H](C)C(=O)O. The first-order valence-electron chi connectivity index (χ1n) is 4.73. The Hall–Kier alpha value is -1.55. The summed E-state index contributed by atoms with van der Waals surface area (Å²) < 4.78 is 5.15. The number of para-hydroxylation sites is 1. The highest BCUT2D eigenvalue weighted by atomic mass is 16.5. The first-order chi connectivity index (χ1) is 7.15. The van der Waals surface area contributed by atoms with Crippen LogP contribution in [0.3, 0.4) is 0 Å². The fraction of sp³-hybridized carbons (Fsp3) is 0.364. The molecule has 4 nitrogen and oxygen atoms in total. The molecular weight excluding hydrogens is 194 g/mol. The van der Waals surface area contributed by atoms with Gasteiger partial charge in [0.1, 0.15) is 11.8 Å². The van der Waals surface area contributed by atoms with Gasteiger partial charge in [-0.05, 0) is 13.0 Å². The van der Waals surface area contributed by atoms with E-state index < -0.39 is 12.0 Å². The minimum Gasteiger partial charge on any atom is -0.496 e. The third kappa shape index (κ3) is 3.25. The number of carboxylic acids is 1. The number of aliphatic carboxylic acids is 1. The standard InChI is InChI=1S/C11H15NO3/c1-8(11(13)14)12-7-9-5-3-4-6-10(9)15-2/h3-6,8,12H,7H2,1-2H3,(H,13,14)/t8-/m1/s1. The zero-order valence-corrected chi connectivity index (χ0v) is 8.86. The molecule has 0 radical (unpaired) electrons. The quantitative estimate of drug-likeness (QED) is 0.766. The monoisotopic (exact) mass is 209 g/mol. The number of carboxylic acid groups (broad SMARTS) is 1. The fourth-order valence-electron chi connectivity index (χ4n) is 1.20. The normalized spacial score (nSPS) is 12.1. The molecule has 0 spiro atoms. The summed E-state index contributed by atoms with van der Waals surface area (Å²) in [6, 6.07) is 6.96. The van der Waals surface area contributed by atoms with Crippen LogP contribution in [0.5, 0.6) is 5.75 Å². The molecule has 82 valence electrons. The maximum absolute atomic E-state index is 10.6. The Morgan fingerprint density at radius 2 is 2.20 bits per heavy atom. The lowest BCUT2D eigenvalue weighted by molar-refractivity contribution is -0.139. The lowest BCUT2D eigenvalue weighted by Crippen LogP contribution is -2.33. The molecule has 4 heteroatoms. The van der Waals surface area contributed by atoms with Gasteiger partial charge >= 0.3 is 5.97 Å². The van der Waals surface area contributed by atoms with Gasteiger partial charge in [0.25, 0.3) is 0 Å². The minimum atomic E-state index is -0.857. The van der Waals surface area contributed by atoms with Crippen LogP contribution in [-0.4, -0.2) is 24.2 Å². The number of ether oxygens (including phenoxy) is 1. The first-order valence-corrected chi connectivity index (χ1v) is 4.73. The van der Waals surface area contributed by atoms with E-state index in [0.29, 0.717) is 6.54 Å². The van der Waals surface area contributed by atoms with Gasteiger partial charge in [-0.3, -0.25) is 4.79 Å². The number of carbonyl (C=O) groups is 1. The second-order valence-corrected chi connectivity index (χ2v) is 3.25. The number of rotatable bonds is 5. The number of hydrogen-bond acceptors (Lipinski definition) is 3. The number of benzene rings is 1. The zero-order chi connectivity index (χ0) is 11.3. The van der Waals surface area contributed by atoms with Gasteiger partial charge in [-0.2, -0.15) is 0 Å². The molecule has 2 N–H and O–H groups in total. The van der Waals surface area contributed by atoms with Gasteiger partial charge in [0.2, 0.25) is 0 Å². The van der Waals surface area contributed by atoms with Crippen LogP contribution in [0.15, 0.2) is 24.3 Å². The van der Waals surface area contributed by atoms with E-state index in [2.05, 4.69) is 5.32 Å². The second kappa shape index (κ2) is 5.36. The van der Waals surface area contributed by atoms with Gasteiger partial charge in [0.15, 0.2) is 0 Å². The van der Waals surface area contributed by atoms with E-state index in [-0.39, 0.29) is 0 Å². The Balaban J connectivity index is 2.60. The molecule has 0 aromatic heterocycles. The maximum Gasteiger partial charge on any atom is 0.320 e. The predicted molar refractivity (Wildman–Crippen MR) is 56.9 cm³/mol. The second-order valence-electron chi connectivity index (χ2n) is 3.25. The minimum absolute atomic E-state index is 0.484. The van der Waals surface area contributed by atoms with E-state index >= 15 is 0 Å². The van der Waals surface area contributed by atoms with Crippen molar-refractivity contribution in [3.05, 3.63) is 29.8 Å². The van der Waals surface area contributed by atoms with Crippen LogP contribution in [0.2, 0.25) is 0 Å². The predicted octanol–water partition coefficient (Wildman–Crippen LogP) is 1.26. The van der Waals surface area contributed by atoms with Crippen molar-refractivity contribution >= 4 is 5.97 Å². The molecule has 0 saturated heterocycles. The summed E-state index contributed by atoms with van der Waals surface area (Å²) in [6.45, 7) is 2.09. The van der Waals surface area contributed by atoms with Crippen molar-refractivity contribution in [1.29, 1.82) is 0 Å². The van der Waals surface area contributed by atoms with E-state index in [4.69, 9.17) is 9.84 Å². The van der Waals surface area contributed by atoms with Crippen LogP contribution in [-0.2, 0) is 11.3 Å². The molecule has 1 aromatic rings. The highest BCUT2D eigenvalue weighted by Crippen LogP contribution is 2.16. The van der Waals surface area contributed by atoms with Gasteiger partial charge in [-0.25, -0.2) is 0 Å². The lowest BCUT2D eigenvalue weighted by atomic mass is 10.2. The highest BCUT2D eigenvalue weighted by Gasteiger charge is 2.10. The van der Waals surface area contributed by atoms with E-state index in [9.17, 15) is 4.79 Å². The molecule has 1 aromatic carbocycles. The molecule has 0 amide bonds. The fourth-order valence-corrected chi connectivity index (χ4v) is 1.20. The summed E-state index contributed by atoms with van der Waals surface area (Å²) in [5.74, 6) is -0.0903. The molecule has 0 heterocycles. The van der Waals surface area contributed by atoms with Crippen molar-refractivity contribution in [3.8, 4) is 5.75 Å². The van der Waals surface area contributed by atoms with Gasteiger partial charge in [0, 0.05) is 12.1 Å². The molecule has 0 fully saturated rings. The van der Waals surface area contributed by atoms with Crippen LogP contribution in [0, 0.1) is 0 Å². The third-order valence-corrected chi connectivity index (χ3v) is 2.16. The molecule has 0 aliphatic heterocycles. The highest BCUT2D eigenvalue weighted by molar-refractivity contribution is 5.72. The van der Waals surface area contributed by atoms with Crippen molar-refractivity contribution in [2.75, 3.05) is 7.11 Å². The van der Waals surface area contributed by atoms with Crippen molar-refractivity contribution in [1.82, 2.24) is 5.32 Å². The third-order valence-electron chi connectivity index (χ3n) is 2.16. The molecule has 0 bridgehead atoms. The Kier molecular flexibility index (Phi) is 4.12. The van der Waals surface area contributed by atoms with E-state index in [1.54, 1.807) is 14.0 Å². The summed E-state index contributed by atoms with van der Waals surface area (Å²) in [5.41, 5.74) is 0.952. The maximum atomic E-state index is 10.6. The Morgan fingerprint density at radius 1 is 1.53 bits per heavy atom. The average molecular weight is 209 g/mol. The van der Waals surface area contributed by atoms with Gasteiger partial charge in [-0.1, -0.05) is 18.2 Å². The van der Waals surface area contributed by atoms with Gasteiger partial charge < -0.3 is 15.2 Å². The van der Waals surface area contributed by atoms with Crippen LogP contribution in [0.25, 0.3) is 0 Å². The van der Waals surface area contributed by atoms with Crippen LogP contribution in [0.4, 0.5) is 0 Å². The molecule has 0 aliphatic rings. The Bertz CT molecular complexity index is 338. The van der Waals surface area contributed by atoms with Gasteiger partial charge in [-0.15, -0.1) is 0 Å². The molecule has 0 aliphatic carbocycles. The van der Waals surface area contributed by atoms with E-state index in [0.717, 1.165) is 11.3 Å². The van der Waals surface area contributed by atoms with E-state index in [1.165, 1.54) is 0 Å². The Morgan fingerprint density at radius 3 is 2.80 bits per heavy atom. The number of methoxy groups -OCH3 is 1. The average Bonchev–Trinajstić information content (AvgIpc) is 2.26. The Labute approximate surface area is 88.9 Å². The molecular formula is C11H15NO3. The summed E-state index contributed by atoms with van der Waals surface area (Å²) in [7, 11) is 1.60. The molecule has 1 rings (SSSR count). The van der Waals surface area contributed by atoms with E-state index in [1.807, 2.05) is 24.3 Å². The molecule has 15 heavy (non-hydrogen) atoms. The van der Waals surface area contributed by atoms with Crippen molar-refractivity contribution in [3.63, 3.8) is 0 Å². The number of hydrogen-bond donors (Lipinski definition) is 2. The summed E-state index contributed by atoms with van der Waals surface area (Å²) in [5, 5.41) is 11.6. The summed E-state index contributed by atoms with van der Waals surface area (Å²) in [4.78, 5) is 10.6. The van der Waals surface area contributed by atoms with Crippen molar-refractivity contribution in [2.24, 2.45) is 0 Å². The van der Waals surface area contributed by atoms with Crippen LogP contribution in [0.1, 0.15) is 12.5 Å². The smallest absolute Gasteiger partial charge is 0.320 e.